The molecule has 0 aliphatic heterocycles. The Hall–Kier alpha value is -1.30. The Morgan fingerprint density at radius 3 is 2.00 bits per heavy atom. The van der Waals surface area contributed by atoms with Crippen molar-refractivity contribution < 1.29 is 0 Å². The summed E-state index contributed by atoms with van der Waals surface area (Å²) >= 11 is 0. The van der Waals surface area contributed by atoms with Crippen LogP contribution in [0.4, 0.5) is 0 Å². The first-order chi connectivity index (χ1) is 7.73. The van der Waals surface area contributed by atoms with Crippen molar-refractivity contribution in [1.29, 1.82) is 0 Å². The van der Waals surface area contributed by atoms with E-state index in [-0.39, 0.29) is 10.8 Å². The highest BCUT2D eigenvalue weighted by Gasteiger charge is 2.22. The molecular weight excluding hydrogens is 204 g/mol. The topological polar surface area (TPSA) is 0 Å². The van der Waals surface area contributed by atoms with Crippen LogP contribution in [0, 0.1) is 5.41 Å². The number of rotatable bonds is 3. The van der Waals surface area contributed by atoms with Gasteiger partial charge in [-0.1, -0.05) is 83.7 Å². The van der Waals surface area contributed by atoms with E-state index in [4.69, 9.17) is 0 Å². The van der Waals surface area contributed by atoms with Crippen LogP contribution < -0.4 is 0 Å². The van der Waals surface area contributed by atoms with Gasteiger partial charge in [-0.3, -0.25) is 0 Å². The van der Waals surface area contributed by atoms with Crippen molar-refractivity contribution in [3.05, 3.63) is 60.2 Å². The van der Waals surface area contributed by atoms with E-state index >= 15 is 0 Å². The lowest BCUT2D eigenvalue weighted by molar-refractivity contribution is 0.541. The molecule has 1 rings (SSSR count). The van der Waals surface area contributed by atoms with Gasteiger partial charge in [0.05, 0.1) is 0 Å². The average Bonchev–Trinajstić information content (AvgIpc) is 2.26. The Kier molecular flexibility index (Phi) is 3.98. The molecule has 0 aliphatic rings. The summed E-state index contributed by atoms with van der Waals surface area (Å²) in [6.07, 6.45) is 4.38. The highest BCUT2D eigenvalue weighted by Crippen LogP contribution is 2.31. The normalized spacial score (nSPS) is 13.0. The van der Waals surface area contributed by atoms with Gasteiger partial charge >= 0.3 is 0 Å². The molecule has 92 valence electrons. The minimum absolute atomic E-state index is 0.0109. The van der Waals surface area contributed by atoms with Crippen LogP contribution in [0.25, 0.3) is 0 Å². The summed E-state index contributed by atoms with van der Waals surface area (Å²) in [5.74, 6) is 0. The molecule has 0 spiro atoms. The summed E-state index contributed by atoms with van der Waals surface area (Å²) in [4.78, 5) is 0. The van der Waals surface area contributed by atoms with E-state index in [1.165, 1.54) is 5.56 Å². The maximum atomic E-state index is 4.22. The van der Waals surface area contributed by atoms with Crippen LogP contribution in [-0.4, -0.2) is 0 Å². The Morgan fingerprint density at radius 1 is 1.00 bits per heavy atom. The van der Waals surface area contributed by atoms with Crippen molar-refractivity contribution in [3.63, 3.8) is 0 Å². The Morgan fingerprint density at radius 2 is 1.53 bits per heavy atom. The highest BCUT2D eigenvalue weighted by molar-refractivity contribution is 5.38. The first-order valence-electron chi connectivity index (χ1n) is 6.17. The fraction of sp³-hybridized carbons (Fsp3) is 0.412. The molecule has 0 nitrogen and oxygen atoms in total. The van der Waals surface area contributed by atoms with Crippen LogP contribution in [0.3, 0.4) is 0 Å². The SMILES string of the molecule is C=C(/C=C/C(C)(C)C)C(C)(C)c1ccccc1. The summed E-state index contributed by atoms with van der Waals surface area (Å²) in [6, 6.07) is 10.5. The number of hydrogen-bond acceptors (Lipinski definition) is 0. The predicted molar refractivity (Wildman–Crippen MR) is 77.2 cm³/mol. The molecule has 0 fully saturated rings. The van der Waals surface area contributed by atoms with E-state index in [2.05, 4.69) is 77.6 Å². The molecule has 0 N–H and O–H groups in total. The molecule has 0 radical (unpaired) electrons. The first-order valence-corrected chi connectivity index (χ1v) is 6.17. The standard InChI is InChI=1S/C17H24/c1-14(12-13-16(2,3)4)17(5,6)15-10-8-7-9-11-15/h7-13H,1H2,2-6H3/b13-12+. The molecule has 17 heavy (non-hydrogen) atoms. The maximum absolute atomic E-state index is 4.22. The second-order valence-corrected chi connectivity index (χ2v) is 6.22. The van der Waals surface area contributed by atoms with Gasteiger partial charge in [-0.25, -0.2) is 0 Å². The van der Waals surface area contributed by atoms with Gasteiger partial charge in [0.25, 0.3) is 0 Å². The predicted octanol–water partition coefficient (Wildman–Crippen LogP) is 5.12. The molecule has 0 bridgehead atoms. The third kappa shape index (κ3) is 3.89. The fourth-order valence-electron chi connectivity index (χ4n) is 1.60. The Balaban J connectivity index is 2.92. The van der Waals surface area contributed by atoms with Crippen molar-refractivity contribution >= 4 is 0 Å². The van der Waals surface area contributed by atoms with E-state index in [0.717, 1.165) is 5.57 Å². The van der Waals surface area contributed by atoms with Crippen molar-refractivity contribution in [2.75, 3.05) is 0 Å². The number of benzene rings is 1. The molecule has 0 unspecified atom stereocenters. The third-order valence-electron chi connectivity index (χ3n) is 3.08. The van der Waals surface area contributed by atoms with E-state index in [1.807, 2.05) is 6.07 Å². The van der Waals surface area contributed by atoms with Gasteiger partial charge in [0.2, 0.25) is 0 Å². The van der Waals surface area contributed by atoms with Crippen LogP contribution in [-0.2, 0) is 5.41 Å². The second-order valence-electron chi connectivity index (χ2n) is 6.22. The largest absolute Gasteiger partial charge is 0.0950 e. The molecule has 0 saturated carbocycles. The van der Waals surface area contributed by atoms with Crippen molar-refractivity contribution in [2.45, 2.75) is 40.0 Å². The first kappa shape index (κ1) is 13.8. The van der Waals surface area contributed by atoms with Gasteiger partial charge in [-0.05, 0) is 16.6 Å². The molecular formula is C17H24. The van der Waals surface area contributed by atoms with E-state index in [0.29, 0.717) is 0 Å². The van der Waals surface area contributed by atoms with E-state index in [1.54, 1.807) is 0 Å². The molecule has 0 heterocycles. The molecule has 1 aromatic carbocycles. The van der Waals surface area contributed by atoms with Gasteiger partial charge in [0.1, 0.15) is 0 Å². The highest BCUT2D eigenvalue weighted by atomic mass is 14.3. The lowest BCUT2D eigenvalue weighted by Gasteiger charge is -2.27. The molecule has 0 amide bonds. The van der Waals surface area contributed by atoms with Gasteiger partial charge < -0.3 is 0 Å². The Labute approximate surface area is 106 Å². The molecule has 0 aromatic heterocycles. The fourth-order valence-corrected chi connectivity index (χ4v) is 1.60. The minimum Gasteiger partial charge on any atom is -0.0950 e. The zero-order valence-corrected chi connectivity index (χ0v) is 11.7. The number of hydrogen-bond donors (Lipinski definition) is 0. The van der Waals surface area contributed by atoms with Crippen molar-refractivity contribution in [1.82, 2.24) is 0 Å². The molecule has 0 saturated heterocycles. The summed E-state index contributed by atoms with van der Waals surface area (Å²) in [7, 11) is 0. The van der Waals surface area contributed by atoms with E-state index < -0.39 is 0 Å². The Bertz CT molecular complexity index is 399. The molecule has 0 heteroatoms. The summed E-state index contributed by atoms with van der Waals surface area (Å²) in [6.45, 7) is 15.3. The minimum atomic E-state index is -0.0109. The van der Waals surface area contributed by atoms with Gasteiger partial charge in [-0.2, -0.15) is 0 Å². The average molecular weight is 228 g/mol. The van der Waals surface area contributed by atoms with Crippen LogP contribution >= 0.6 is 0 Å². The molecule has 1 aromatic rings. The monoisotopic (exact) mass is 228 g/mol. The quantitative estimate of drug-likeness (QED) is 0.630. The van der Waals surface area contributed by atoms with Crippen LogP contribution in [0.2, 0.25) is 0 Å². The van der Waals surface area contributed by atoms with E-state index in [9.17, 15) is 0 Å². The third-order valence-corrected chi connectivity index (χ3v) is 3.08. The summed E-state index contributed by atoms with van der Waals surface area (Å²) < 4.78 is 0. The van der Waals surface area contributed by atoms with Gasteiger partial charge in [-0.15, -0.1) is 0 Å². The van der Waals surface area contributed by atoms with Crippen molar-refractivity contribution in [2.24, 2.45) is 5.41 Å². The smallest absolute Gasteiger partial charge is 0.0140 e. The lowest BCUT2D eigenvalue weighted by Crippen LogP contribution is -2.18. The summed E-state index contributed by atoms with van der Waals surface area (Å²) in [5.41, 5.74) is 2.65. The maximum Gasteiger partial charge on any atom is 0.0140 e. The van der Waals surface area contributed by atoms with Crippen LogP contribution in [0.15, 0.2) is 54.6 Å². The zero-order chi connectivity index (χ0) is 13.1. The second kappa shape index (κ2) is 4.91. The van der Waals surface area contributed by atoms with Crippen molar-refractivity contribution in [3.8, 4) is 0 Å². The lowest BCUT2D eigenvalue weighted by atomic mass is 9.77. The van der Waals surface area contributed by atoms with Crippen LogP contribution in [0.5, 0.6) is 0 Å². The number of allylic oxidation sites excluding steroid dienone is 3. The van der Waals surface area contributed by atoms with Gasteiger partial charge in [0, 0.05) is 5.41 Å². The zero-order valence-electron chi connectivity index (χ0n) is 11.7. The van der Waals surface area contributed by atoms with Crippen LogP contribution in [0.1, 0.15) is 40.2 Å². The molecule has 0 atom stereocenters. The summed E-state index contributed by atoms with van der Waals surface area (Å²) in [5, 5.41) is 0. The van der Waals surface area contributed by atoms with Gasteiger partial charge in [0.15, 0.2) is 0 Å². The molecule has 0 aliphatic carbocycles.